The third kappa shape index (κ3) is 5.83. The number of rotatable bonds is 4. The average Bonchev–Trinajstić information content (AvgIpc) is 2.82. The Bertz CT molecular complexity index is 335. The summed E-state index contributed by atoms with van der Waals surface area (Å²) in [6.07, 6.45) is 5.58. The highest BCUT2D eigenvalue weighted by Crippen LogP contribution is 2.21. The molecule has 1 heterocycles. The van der Waals surface area contributed by atoms with E-state index in [0.29, 0.717) is 6.04 Å². The largest absolute Gasteiger partial charge is 0.444 e. The van der Waals surface area contributed by atoms with Crippen LogP contribution in [-0.4, -0.2) is 43.4 Å². The molecule has 0 aromatic heterocycles. The van der Waals surface area contributed by atoms with E-state index in [1.165, 1.54) is 19.3 Å². The van der Waals surface area contributed by atoms with Gasteiger partial charge in [0.1, 0.15) is 5.60 Å². The van der Waals surface area contributed by atoms with Gasteiger partial charge in [-0.2, -0.15) is 0 Å². The molecule has 1 saturated carbocycles. The Morgan fingerprint density at radius 2 is 1.81 bits per heavy atom. The maximum Gasteiger partial charge on any atom is 0.407 e. The minimum absolute atomic E-state index is 0.210. The van der Waals surface area contributed by atoms with E-state index in [-0.39, 0.29) is 12.1 Å². The number of hydrogen-bond donors (Lipinski definition) is 3. The molecule has 2 unspecified atom stereocenters. The first-order chi connectivity index (χ1) is 9.94. The van der Waals surface area contributed by atoms with Gasteiger partial charge in [0, 0.05) is 12.1 Å². The van der Waals surface area contributed by atoms with Crippen LogP contribution in [0.3, 0.4) is 0 Å². The number of alkyl carbamates (subject to hydrolysis) is 1. The normalized spacial score (nSPS) is 27.6. The summed E-state index contributed by atoms with van der Waals surface area (Å²) < 4.78 is 5.36. The van der Waals surface area contributed by atoms with Gasteiger partial charge in [-0.3, -0.25) is 0 Å². The molecule has 2 rings (SSSR count). The lowest BCUT2D eigenvalue weighted by molar-refractivity contribution is 0.0497. The molecule has 1 amide bonds. The molecule has 5 nitrogen and oxygen atoms in total. The van der Waals surface area contributed by atoms with E-state index < -0.39 is 5.60 Å². The van der Waals surface area contributed by atoms with E-state index in [4.69, 9.17) is 4.74 Å². The summed E-state index contributed by atoms with van der Waals surface area (Å²) in [7, 11) is 0. The fourth-order valence-corrected chi connectivity index (χ4v) is 3.24. The van der Waals surface area contributed by atoms with Gasteiger partial charge in [0.15, 0.2) is 0 Å². The highest BCUT2D eigenvalue weighted by molar-refractivity contribution is 5.68. The Morgan fingerprint density at radius 1 is 1.14 bits per heavy atom. The van der Waals surface area contributed by atoms with Crippen molar-refractivity contribution in [1.29, 1.82) is 0 Å². The van der Waals surface area contributed by atoms with Crippen LogP contribution in [0.5, 0.6) is 0 Å². The molecule has 0 bridgehead atoms. The highest BCUT2D eigenvalue weighted by atomic mass is 16.6. The van der Waals surface area contributed by atoms with Crippen LogP contribution < -0.4 is 16.0 Å². The summed E-state index contributed by atoms with van der Waals surface area (Å²) in [4.78, 5) is 11.9. The molecule has 0 aromatic carbocycles. The zero-order valence-electron chi connectivity index (χ0n) is 13.7. The van der Waals surface area contributed by atoms with E-state index >= 15 is 0 Å². The van der Waals surface area contributed by atoms with E-state index in [0.717, 1.165) is 38.4 Å². The van der Waals surface area contributed by atoms with Gasteiger partial charge in [-0.1, -0.05) is 0 Å². The Balaban J connectivity index is 1.73. The van der Waals surface area contributed by atoms with Crippen LogP contribution in [0.2, 0.25) is 0 Å². The summed E-state index contributed by atoms with van der Waals surface area (Å²) in [6, 6.07) is 0.606. The van der Waals surface area contributed by atoms with Crippen LogP contribution >= 0.6 is 0 Å². The second kappa shape index (κ2) is 7.45. The molecule has 2 aliphatic rings. The van der Waals surface area contributed by atoms with Crippen LogP contribution in [0.1, 0.15) is 52.9 Å². The zero-order chi connectivity index (χ0) is 15.3. The van der Waals surface area contributed by atoms with E-state index in [2.05, 4.69) is 16.0 Å². The fraction of sp³-hybridized carbons (Fsp3) is 0.938. The molecule has 0 spiro atoms. The molecule has 21 heavy (non-hydrogen) atoms. The van der Waals surface area contributed by atoms with Gasteiger partial charge in [-0.25, -0.2) is 4.79 Å². The molecule has 1 saturated heterocycles. The monoisotopic (exact) mass is 297 g/mol. The lowest BCUT2D eigenvalue weighted by atomic mass is 9.97. The van der Waals surface area contributed by atoms with Crippen LogP contribution in [0.25, 0.3) is 0 Å². The predicted molar refractivity (Wildman–Crippen MR) is 84.4 cm³/mol. The van der Waals surface area contributed by atoms with Gasteiger partial charge in [0.05, 0.1) is 0 Å². The van der Waals surface area contributed by atoms with Crippen LogP contribution in [0, 0.1) is 5.92 Å². The Hall–Kier alpha value is -0.810. The van der Waals surface area contributed by atoms with Crippen molar-refractivity contribution in [1.82, 2.24) is 16.0 Å². The van der Waals surface area contributed by atoms with Gasteiger partial charge in [-0.05, 0) is 78.4 Å². The number of piperidine rings is 1. The van der Waals surface area contributed by atoms with Crippen molar-refractivity contribution < 1.29 is 9.53 Å². The third-order valence-electron chi connectivity index (χ3n) is 4.35. The lowest BCUT2D eigenvalue weighted by Gasteiger charge is -2.28. The summed E-state index contributed by atoms with van der Waals surface area (Å²) in [5.41, 5.74) is -0.430. The minimum atomic E-state index is -0.430. The average molecular weight is 297 g/mol. The Morgan fingerprint density at radius 3 is 2.48 bits per heavy atom. The minimum Gasteiger partial charge on any atom is -0.444 e. The third-order valence-corrected chi connectivity index (χ3v) is 4.35. The molecule has 1 aliphatic heterocycles. The second-order valence-corrected chi connectivity index (χ2v) is 7.39. The van der Waals surface area contributed by atoms with Crippen LogP contribution in [0.4, 0.5) is 4.79 Å². The number of hydrogen-bond acceptors (Lipinski definition) is 4. The molecule has 0 radical (unpaired) electrons. The van der Waals surface area contributed by atoms with Crippen molar-refractivity contribution in [3.05, 3.63) is 0 Å². The van der Waals surface area contributed by atoms with Crippen LogP contribution in [-0.2, 0) is 4.74 Å². The van der Waals surface area contributed by atoms with Crippen LogP contribution in [0.15, 0.2) is 0 Å². The summed E-state index contributed by atoms with van der Waals surface area (Å²) in [5.74, 6) is 0.772. The van der Waals surface area contributed by atoms with Gasteiger partial charge < -0.3 is 20.7 Å². The maximum atomic E-state index is 11.9. The smallest absolute Gasteiger partial charge is 0.407 e. The zero-order valence-corrected chi connectivity index (χ0v) is 13.7. The topological polar surface area (TPSA) is 62.4 Å². The first-order valence-electron chi connectivity index (χ1n) is 8.37. The van der Waals surface area contributed by atoms with Gasteiger partial charge in [0.25, 0.3) is 0 Å². The molecule has 0 aromatic rings. The number of carbonyl (C=O) groups excluding carboxylic acids is 1. The standard InChI is InChI=1S/C16H31N3O2/c1-16(2,3)21-15(20)19-14-6-4-5-13(14)18-11-12-7-9-17-10-8-12/h12-14,17-18H,4-11H2,1-3H3,(H,19,20). The number of carbonyl (C=O) groups is 1. The van der Waals surface area contributed by atoms with E-state index in [9.17, 15) is 4.79 Å². The summed E-state index contributed by atoms with van der Waals surface area (Å²) >= 11 is 0. The van der Waals surface area contributed by atoms with Crippen molar-refractivity contribution in [2.45, 2.75) is 70.6 Å². The first-order valence-corrected chi connectivity index (χ1v) is 8.37. The predicted octanol–water partition coefficient (Wildman–Crippen LogP) is 2.02. The van der Waals surface area contributed by atoms with Crippen molar-refractivity contribution in [3.63, 3.8) is 0 Å². The van der Waals surface area contributed by atoms with Crippen molar-refractivity contribution in [2.75, 3.05) is 19.6 Å². The second-order valence-electron chi connectivity index (χ2n) is 7.39. The molecular weight excluding hydrogens is 266 g/mol. The lowest BCUT2D eigenvalue weighted by Crippen LogP contribution is -2.49. The van der Waals surface area contributed by atoms with Crippen molar-refractivity contribution >= 4 is 6.09 Å². The number of nitrogens with one attached hydrogen (secondary N) is 3. The highest BCUT2D eigenvalue weighted by Gasteiger charge is 2.30. The summed E-state index contributed by atoms with van der Waals surface area (Å²) in [6.45, 7) is 9.03. The van der Waals surface area contributed by atoms with Gasteiger partial charge in [0.2, 0.25) is 0 Å². The first kappa shape index (κ1) is 16.6. The van der Waals surface area contributed by atoms with Gasteiger partial charge >= 0.3 is 6.09 Å². The number of ether oxygens (including phenoxy) is 1. The fourth-order valence-electron chi connectivity index (χ4n) is 3.24. The van der Waals surface area contributed by atoms with E-state index in [1.54, 1.807) is 0 Å². The number of amides is 1. The SMILES string of the molecule is CC(C)(C)OC(=O)NC1CCCC1NCC1CCNCC1. The maximum absolute atomic E-state index is 11.9. The molecule has 5 heteroatoms. The Kier molecular flexibility index (Phi) is 5.88. The molecule has 122 valence electrons. The molecule has 2 atom stereocenters. The molecule has 1 aliphatic carbocycles. The quantitative estimate of drug-likeness (QED) is 0.743. The molecule has 2 fully saturated rings. The molecular formula is C16H31N3O2. The van der Waals surface area contributed by atoms with Crippen molar-refractivity contribution in [2.24, 2.45) is 5.92 Å². The van der Waals surface area contributed by atoms with E-state index in [1.807, 2.05) is 20.8 Å². The molecule has 3 N–H and O–H groups in total. The van der Waals surface area contributed by atoms with Crippen molar-refractivity contribution in [3.8, 4) is 0 Å². The van der Waals surface area contributed by atoms with Gasteiger partial charge in [-0.15, -0.1) is 0 Å². The summed E-state index contributed by atoms with van der Waals surface area (Å²) in [5, 5.41) is 10.1. The Labute approximate surface area is 128 Å².